The molecule has 1 amide bonds. The molecule has 0 aliphatic heterocycles. The van der Waals surface area contributed by atoms with Crippen molar-refractivity contribution in [1.29, 1.82) is 0 Å². The van der Waals surface area contributed by atoms with Crippen molar-refractivity contribution < 1.29 is 38.1 Å². The maximum Gasteiger partial charge on any atom is 0.308 e. The Morgan fingerprint density at radius 3 is 2.18 bits per heavy atom. The van der Waals surface area contributed by atoms with Gasteiger partial charge in [0, 0.05) is 26.0 Å². The van der Waals surface area contributed by atoms with Gasteiger partial charge in [-0.25, -0.2) is 0 Å². The highest BCUT2D eigenvalue weighted by Gasteiger charge is 2.19. The van der Waals surface area contributed by atoms with Crippen LogP contribution in [0.1, 0.15) is 36.1 Å². The summed E-state index contributed by atoms with van der Waals surface area (Å²) in [4.78, 5) is 35.6. The second kappa shape index (κ2) is 14.4. The van der Waals surface area contributed by atoms with E-state index in [1.165, 1.54) is 21.0 Å². The number of rotatable bonds is 13. The van der Waals surface area contributed by atoms with Gasteiger partial charge in [-0.15, -0.1) is 0 Å². The fraction of sp³-hybridized carbons (Fsp3) is 0.300. The Morgan fingerprint density at radius 1 is 0.769 bits per heavy atom. The molecule has 9 nitrogen and oxygen atoms in total. The number of amides is 1. The first kappa shape index (κ1) is 29.0. The number of esters is 2. The maximum atomic E-state index is 12.8. The van der Waals surface area contributed by atoms with Crippen molar-refractivity contribution in [2.75, 3.05) is 20.8 Å². The summed E-state index contributed by atoms with van der Waals surface area (Å²) in [5.74, 6) is 0.434. The third kappa shape index (κ3) is 8.77. The molecule has 3 rings (SSSR count). The van der Waals surface area contributed by atoms with Crippen LogP contribution in [-0.2, 0) is 45.2 Å². The fourth-order valence-electron chi connectivity index (χ4n) is 3.91. The van der Waals surface area contributed by atoms with Crippen LogP contribution < -0.4 is 24.3 Å². The summed E-state index contributed by atoms with van der Waals surface area (Å²) in [7, 11) is 3.00. The molecule has 0 saturated heterocycles. The maximum absolute atomic E-state index is 12.8. The van der Waals surface area contributed by atoms with Crippen LogP contribution in [-0.4, -0.2) is 38.6 Å². The summed E-state index contributed by atoms with van der Waals surface area (Å²) >= 11 is 0. The van der Waals surface area contributed by atoms with E-state index in [0.717, 1.165) is 11.1 Å². The lowest BCUT2D eigenvalue weighted by atomic mass is 10.0. The molecule has 0 unspecified atom stereocenters. The van der Waals surface area contributed by atoms with Crippen LogP contribution in [0.2, 0.25) is 0 Å². The van der Waals surface area contributed by atoms with Crippen LogP contribution in [0.4, 0.5) is 0 Å². The smallest absolute Gasteiger partial charge is 0.308 e. The standard InChI is InChI=1S/C30H33NO8/c1-20(32)37-19-25-24(11-13-27(30(25)36-4)39-21(2)33)17-29(34)31-15-14-22-10-12-26(28(16-22)35-3)38-18-23-8-6-5-7-9-23/h5-13,16H,14-15,17-19H2,1-4H3,(H,31,34). The molecule has 0 bridgehead atoms. The molecule has 0 radical (unpaired) electrons. The Hall–Kier alpha value is -4.53. The molecule has 206 valence electrons. The van der Waals surface area contributed by atoms with E-state index >= 15 is 0 Å². The zero-order valence-electron chi connectivity index (χ0n) is 22.6. The first-order valence-corrected chi connectivity index (χ1v) is 12.4. The SMILES string of the molecule is COc1cc(CCNC(=O)Cc2ccc(OC(C)=O)c(OC)c2COC(C)=O)ccc1OCc1ccccc1. The zero-order valence-corrected chi connectivity index (χ0v) is 22.6. The topological polar surface area (TPSA) is 109 Å². The number of hydrogen-bond acceptors (Lipinski definition) is 8. The third-order valence-electron chi connectivity index (χ3n) is 5.75. The lowest BCUT2D eigenvalue weighted by molar-refractivity contribution is -0.142. The number of hydrogen-bond donors (Lipinski definition) is 1. The molecule has 0 fully saturated rings. The molecule has 0 heterocycles. The van der Waals surface area contributed by atoms with E-state index in [1.54, 1.807) is 19.2 Å². The van der Waals surface area contributed by atoms with Gasteiger partial charge in [-0.2, -0.15) is 0 Å². The quantitative estimate of drug-likeness (QED) is 0.257. The van der Waals surface area contributed by atoms with Crippen molar-refractivity contribution in [3.05, 3.63) is 82.9 Å². The molecule has 0 saturated carbocycles. The Kier molecular flexibility index (Phi) is 10.7. The number of benzene rings is 3. The average Bonchev–Trinajstić information content (AvgIpc) is 2.92. The van der Waals surface area contributed by atoms with E-state index in [0.29, 0.717) is 42.2 Å². The van der Waals surface area contributed by atoms with Crippen LogP contribution >= 0.6 is 0 Å². The van der Waals surface area contributed by atoms with E-state index in [1.807, 2.05) is 48.5 Å². The second-order valence-electron chi connectivity index (χ2n) is 8.64. The normalized spacial score (nSPS) is 10.4. The summed E-state index contributed by atoms with van der Waals surface area (Å²) in [6.07, 6.45) is 0.596. The Labute approximate surface area is 228 Å². The molecule has 0 aromatic heterocycles. The van der Waals surface area contributed by atoms with E-state index in [4.69, 9.17) is 23.7 Å². The lowest BCUT2D eigenvalue weighted by Gasteiger charge is -2.17. The van der Waals surface area contributed by atoms with Gasteiger partial charge in [-0.3, -0.25) is 14.4 Å². The predicted octanol–water partition coefficient (Wildman–Crippen LogP) is 4.17. The average molecular weight is 536 g/mol. The first-order chi connectivity index (χ1) is 18.8. The molecule has 0 spiro atoms. The summed E-state index contributed by atoms with van der Waals surface area (Å²) in [6.45, 7) is 3.25. The summed E-state index contributed by atoms with van der Waals surface area (Å²) in [5, 5.41) is 2.91. The number of nitrogens with one attached hydrogen (secondary N) is 1. The highest BCUT2D eigenvalue weighted by atomic mass is 16.6. The molecule has 0 aliphatic rings. The van der Waals surface area contributed by atoms with Gasteiger partial charge in [-0.05, 0) is 41.3 Å². The molecule has 3 aromatic rings. The van der Waals surface area contributed by atoms with Gasteiger partial charge >= 0.3 is 11.9 Å². The van der Waals surface area contributed by atoms with Crippen molar-refractivity contribution in [2.24, 2.45) is 0 Å². The van der Waals surface area contributed by atoms with E-state index in [9.17, 15) is 14.4 Å². The minimum atomic E-state index is -0.523. The molecule has 0 aliphatic carbocycles. The molecule has 3 aromatic carbocycles. The Balaban J connectivity index is 1.62. The number of carbonyl (C=O) groups excluding carboxylic acids is 3. The van der Waals surface area contributed by atoms with Crippen molar-refractivity contribution in [1.82, 2.24) is 5.32 Å². The van der Waals surface area contributed by atoms with Crippen LogP contribution in [0.5, 0.6) is 23.0 Å². The van der Waals surface area contributed by atoms with Crippen molar-refractivity contribution in [3.8, 4) is 23.0 Å². The highest BCUT2D eigenvalue weighted by Crippen LogP contribution is 2.35. The van der Waals surface area contributed by atoms with Gasteiger partial charge < -0.3 is 29.0 Å². The number of carbonyl (C=O) groups is 3. The largest absolute Gasteiger partial charge is 0.493 e. The van der Waals surface area contributed by atoms with Gasteiger partial charge in [0.15, 0.2) is 23.0 Å². The van der Waals surface area contributed by atoms with Crippen molar-refractivity contribution >= 4 is 17.8 Å². The lowest BCUT2D eigenvalue weighted by Crippen LogP contribution is -2.27. The van der Waals surface area contributed by atoms with E-state index in [-0.39, 0.29) is 30.4 Å². The summed E-state index contributed by atoms with van der Waals surface area (Å²) in [5.41, 5.74) is 3.07. The van der Waals surface area contributed by atoms with Gasteiger partial charge in [0.05, 0.1) is 20.6 Å². The summed E-state index contributed by atoms with van der Waals surface area (Å²) < 4.78 is 27.2. The van der Waals surface area contributed by atoms with Gasteiger partial charge in [0.2, 0.25) is 5.91 Å². The Bertz CT molecular complexity index is 1290. The molecule has 9 heteroatoms. The highest BCUT2D eigenvalue weighted by molar-refractivity contribution is 5.80. The zero-order chi connectivity index (χ0) is 28.2. The molecule has 39 heavy (non-hydrogen) atoms. The molecule has 0 atom stereocenters. The Morgan fingerprint density at radius 2 is 1.51 bits per heavy atom. The second-order valence-corrected chi connectivity index (χ2v) is 8.64. The van der Waals surface area contributed by atoms with Gasteiger partial charge in [-0.1, -0.05) is 42.5 Å². The van der Waals surface area contributed by atoms with Gasteiger partial charge in [0.25, 0.3) is 0 Å². The summed E-state index contributed by atoms with van der Waals surface area (Å²) in [6, 6.07) is 18.7. The third-order valence-corrected chi connectivity index (χ3v) is 5.75. The fourth-order valence-corrected chi connectivity index (χ4v) is 3.91. The van der Waals surface area contributed by atoms with Gasteiger partial charge in [0.1, 0.15) is 13.2 Å². The van der Waals surface area contributed by atoms with Crippen LogP contribution in [0.25, 0.3) is 0 Å². The number of ether oxygens (including phenoxy) is 5. The molecule has 1 N–H and O–H groups in total. The molecular weight excluding hydrogens is 502 g/mol. The van der Waals surface area contributed by atoms with E-state index in [2.05, 4.69) is 5.32 Å². The van der Waals surface area contributed by atoms with Crippen LogP contribution in [0.15, 0.2) is 60.7 Å². The van der Waals surface area contributed by atoms with Crippen molar-refractivity contribution in [3.63, 3.8) is 0 Å². The first-order valence-electron chi connectivity index (χ1n) is 12.4. The van der Waals surface area contributed by atoms with Crippen LogP contribution in [0.3, 0.4) is 0 Å². The minimum Gasteiger partial charge on any atom is -0.493 e. The monoisotopic (exact) mass is 535 g/mol. The van der Waals surface area contributed by atoms with E-state index < -0.39 is 11.9 Å². The van der Waals surface area contributed by atoms with Crippen LogP contribution in [0, 0.1) is 0 Å². The molecular formula is C30H33NO8. The van der Waals surface area contributed by atoms with Crippen molar-refractivity contribution in [2.45, 2.75) is 39.9 Å². The minimum absolute atomic E-state index is 0.0168. The number of methoxy groups -OCH3 is 2. The predicted molar refractivity (Wildman–Crippen MR) is 144 cm³/mol.